The van der Waals surface area contributed by atoms with Crippen LogP contribution in [-0.4, -0.2) is 72.7 Å². The van der Waals surface area contributed by atoms with Crippen molar-refractivity contribution >= 4 is 5.91 Å². The number of amides is 1. The average Bonchev–Trinajstić information content (AvgIpc) is 3.66. The molecule has 1 aliphatic heterocycles. The van der Waals surface area contributed by atoms with Gasteiger partial charge < -0.3 is 24.5 Å². The van der Waals surface area contributed by atoms with Crippen molar-refractivity contribution in [1.29, 1.82) is 0 Å². The third kappa shape index (κ3) is 4.92. The van der Waals surface area contributed by atoms with Crippen molar-refractivity contribution in [3.8, 4) is 28.4 Å². The molecule has 0 bridgehead atoms. The predicted molar refractivity (Wildman–Crippen MR) is 131 cm³/mol. The van der Waals surface area contributed by atoms with Gasteiger partial charge in [0.1, 0.15) is 22.8 Å². The zero-order chi connectivity index (χ0) is 24.2. The number of aromatic hydroxyl groups is 1. The van der Waals surface area contributed by atoms with Crippen LogP contribution in [-0.2, 0) is 6.42 Å². The number of unbranched alkanes of at least 4 members (excludes halogenated alkanes) is 1. The third-order valence-corrected chi connectivity index (χ3v) is 6.81. The van der Waals surface area contributed by atoms with Gasteiger partial charge in [0.05, 0.1) is 25.3 Å². The second-order valence-electron chi connectivity index (χ2n) is 9.21. The fourth-order valence-corrected chi connectivity index (χ4v) is 4.70. The number of hydrogen-bond donors (Lipinski definition) is 2. The summed E-state index contributed by atoms with van der Waals surface area (Å²) < 4.78 is 11.1. The first-order chi connectivity index (χ1) is 16.5. The molecule has 1 aliphatic carbocycles. The number of piperazine rings is 1. The molecule has 0 radical (unpaired) electrons. The van der Waals surface area contributed by atoms with E-state index in [2.05, 4.69) is 16.8 Å². The Labute approximate surface area is 200 Å². The Balaban J connectivity index is 1.74. The molecule has 1 saturated heterocycles. The van der Waals surface area contributed by atoms with Crippen molar-refractivity contribution in [1.82, 2.24) is 14.8 Å². The number of ether oxygens (including phenoxy) is 2. The number of aromatic nitrogens is 1. The van der Waals surface area contributed by atoms with E-state index in [1.54, 1.807) is 37.3 Å². The Kier molecular flexibility index (Phi) is 7.46. The number of methoxy groups -OCH3 is 2. The topological polar surface area (TPSA) is 95.1 Å². The number of rotatable bonds is 9. The zero-order valence-corrected chi connectivity index (χ0v) is 20.4. The molecule has 2 heterocycles. The van der Waals surface area contributed by atoms with E-state index in [1.165, 1.54) is 12.8 Å². The molecule has 1 saturated carbocycles. The normalized spacial score (nSPS) is 16.5. The maximum absolute atomic E-state index is 13.5. The van der Waals surface area contributed by atoms with Crippen LogP contribution < -0.4 is 15.0 Å². The van der Waals surface area contributed by atoms with E-state index in [0.29, 0.717) is 47.8 Å². The second-order valence-corrected chi connectivity index (χ2v) is 9.21. The van der Waals surface area contributed by atoms with Gasteiger partial charge in [0, 0.05) is 38.4 Å². The van der Waals surface area contributed by atoms with Crippen LogP contribution in [0.3, 0.4) is 0 Å². The summed E-state index contributed by atoms with van der Waals surface area (Å²) in [5.41, 5.74) is 0.692. The highest BCUT2D eigenvalue weighted by atomic mass is 16.5. The first-order valence-electron chi connectivity index (χ1n) is 12.2. The summed E-state index contributed by atoms with van der Waals surface area (Å²) in [6.45, 7) is 5.77. The minimum Gasteiger partial charge on any atom is -0.506 e. The summed E-state index contributed by atoms with van der Waals surface area (Å²) in [7, 11) is 3.08. The minimum absolute atomic E-state index is 0.223. The molecule has 1 aromatic carbocycles. The van der Waals surface area contributed by atoms with Gasteiger partial charge in [-0.05, 0) is 43.7 Å². The summed E-state index contributed by atoms with van der Waals surface area (Å²) in [6.07, 6.45) is 4.86. The summed E-state index contributed by atoms with van der Waals surface area (Å²) in [5, 5.41) is 11.4. The van der Waals surface area contributed by atoms with Gasteiger partial charge in [-0.2, -0.15) is 0 Å². The lowest BCUT2D eigenvalue weighted by Crippen LogP contribution is -2.50. The van der Waals surface area contributed by atoms with E-state index >= 15 is 0 Å². The SMILES string of the molecule is CCCCc1[nH]c(=O)c(C(=O)N2CCN(CC3CC3)CC2)c(O)c1-c1c(OC)cccc1OC. The lowest BCUT2D eigenvalue weighted by molar-refractivity contribution is 0.0627. The van der Waals surface area contributed by atoms with Crippen LogP contribution in [0.15, 0.2) is 23.0 Å². The van der Waals surface area contributed by atoms with E-state index in [0.717, 1.165) is 38.4 Å². The standard InChI is InChI=1S/C26H35N3O5/c1-4-5-7-18-21(22-19(33-2)8-6-9-20(22)34-3)24(30)23(25(31)27-18)26(32)29-14-12-28(13-15-29)16-17-10-11-17/h6,8-9,17H,4-5,7,10-16H2,1-3H3,(H2,27,30,31). The monoisotopic (exact) mass is 469 g/mol. The highest BCUT2D eigenvalue weighted by Crippen LogP contribution is 2.44. The van der Waals surface area contributed by atoms with E-state index in [1.807, 2.05) is 0 Å². The Morgan fingerprint density at radius 3 is 2.29 bits per heavy atom. The quantitative estimate of drug-likeness (QED) is 0.585. The zero-order valence-electron chi connectivity index (χ0n) is 20.4. The number of nitrogens with zero attached hydrogens (tertiary/aromatic N) is 2. The molecule has 0 atom stereocenters. The lowest BCUT2D eigenvalue weighted by Gasteiger charge is -2.34. The van der Waals surface area contributed by atoms with E-state index in [-0.39, 0.29) is 11.3 Å². The van der Waals surface area contributed by atoms with Crippen molar-refractivity contribution in [3.05, 3.63) is 39.8 Å². The highest BCUT2D eigenvalue weighted by Gasteiger charge is 2.32. The minimum atomic E-state index is -0.563. The van der Waals surface area contributed by atoms with Crippen LogP contribution >= 0.6 is 0 Å². The van der Waals surface area contributed by atoms with Crippen molar-refractivity contribution in [2.45, 2.75) is 39.0 Å². The molecule has 34 heavy (non-hydrogen) atoms. The van der Waals surface area contributed by atoms with Gasteiger partial charge in [-0.25, -0.2) is 0 Å². The average molecular weight is 470 g/mol. The van der Waals surface area contributed by atoms with Gasteiger partial charge in [0.25, 0.3) is 11.5 Å². The summed E-state index contributed by atoms with van der Waals surface area (Å²) >= 11 is 0. The van der Waals surface area contributed by atoms with Crippen LogP contribution in [0.25, 0.3) is 11.1 Å². The molecule has 2 fully saturated rings. The molecule has 1 amide bonds. The molecule has 2 N–H and O–H groups in total. The largest absolute Gasteiger partial charge is 0.506 e. The number of aromatic amines is 1. The molecule has 2 aliphatic rings. The third-order valence-electron chi connectivity index (χ3n) is 6.81. The van der Waals surface area contributed by atoms with Gasteiger partial charge >= 0.3 is 0 Å². The van der Waals surface area contributed by atoms with Crippen molar-refractivity contribution in [2.75, 3.05) is 46.9 Å². The van der Waals surface area contributed by atoms with Gasteiger partial charge in [0.15, 0.2) is 0 Å². The number of pyridine rings is 1. The Morgan fingerprint density at radius 1 is 1.09 bits per heavy atom. The number of nitrogens with one attached hydrogen (secondary N) is 1. The van der Waals surface area contributed by atoms with Gasteiger partial charge in [-0.1, -0.05) is 19.4 Å². The van der Waals surface area contributed by atoms with Crippen LogP contribution in [0.1, 0.15) is 48.7 Å². The first-order valence-corrected chi connectivity index (χ1v) is 12.2. The number of carbonyl (C=O) groups excluding carboxylic acids is 1. The van der Waals surface area contributed by atoms with Crippen molar-refractivity contribution in [3.63, 3.8) is 0 Å². The van der Waals surface area contributed by atoms with Gasteiger partial charge in [-0.15, -0.1) is 0 Å². The molecular weight excluding hydrogens is 434 g/mol. The molecule has 8 heteroatoms. The molecule has 1 aromatic heterocycles. The van der Waals surface area contributed by atoms with Crippen LogP contribution in [0.4, 0.5) is 0 Å². The molecule has 2 aromatic rings. The maximum Gasteiger partial charge on any atom is 0.264 e. The molecule has 8 nitrogen and oxygen atoms in total. The number of benzene rings is 1. The lowest BCUT2D eigenvalue weighted by atomic mass is 9.95. The molecule has 0 spiro atoms. The Morgan fingerprint density at radius 2 is 1.74 bits per heavy atom. The van der Waals surface area contributed by atoms with Crippen molar-refractivity contribution < 1.29 is 19.4 Å². The number of carbonyl (C=O) groups is 1. The van der Waals surface area contributed by atoms with Gasteiger partial charge in [-0.3, -0.25) is 14.5 Å². The molecule has 0 unspecified atom stereocenters. The van der Waals surface area contributed by atoms with E-state index in [9.17, 15) is 14.7 Å². The first kappa shape index (κ1) is 24.1. The van der Waals surface area contributed by atoms with E-state index < -0.39 is 11.5 Å². The predicted octanol–water partition coefficient (Wildman–Crippen LogP) is 3.28. The second kappa shape index (κ2) is 10.5. The summed E-state index contributed by atoms with van der Waals surface area (Å²) in [6, 6.07) is 5.34. The summed E-state index contributed by atoms with van der Waals surface area (Å²) in [4.78, 5) is 33.5. The van der Waals surface area contributed by atoms with Crippen molar-refractivity contribution in [2.24, 2.45) is 5.92 Å². The Hall–Kier alpha value is -3.00. The number of hydrogen-bond acceptors (Lipinski definition) is 6. The molecule has 4 rings (SSSR count). The van der Waals surface area contributed by atoms with E-state index in [4.69, 9.17) is 9.47 Å². The van der Waals surface area contributed by atoms with Crippen LogP contribution in [0.5, 0.6) is 17.2 Å². The molecular formula is C26H35N3O5. The Bertz CT molecular complexity index is 1060. The number of H-pyrrole nitrogens is 1. The fraction of sp³-hybridized carbons (Fsp3) is 0.538. The van der Waals surface area contributed by atoms with Gasteiger partial charge in [0.2, 0.25) is 0 Å². The van der Waals surface area contributed by atoms with Crippen LogP contribution in [0.2, 0.25) is 0 Å². The smallest absolute Gasteiger partial charge is 0.264 e. The van der Waals surface area contributed by atoms with Crippen LogP contribution in [0, 0.1) is 5.92 Å². The fourth-order valence-electron chi connectivity index (χ4n) is 4.70. The maximum atomic E-state index is 13.5. The highest BCUT2D eigenvalue weighted by molar-refractivity contribution is 6.00. The molecule has 184 valence electrons. The number of aryl methyl sites for hydroxylation is 1. The summed E-state index contributed by atoms with van der Waals surface area (Å²) in [5.74, 6) is 1.02.